The van der Waals surface area contributed by atoms with Gasteiger partial charge < -0.3 is 57.9 Å². The molecule has 1 aliphatic rings. The van der Waals surface area contributed by atoms with Gasteiger partial charge in [0, 0.05) is 18.7 Å². The minimum absolute atomic E-state index is 0.0252. The lowest BCUT2D eigenvalue weighted by molar-refractivity contribution is -0.135. The van der Waals surface area contributed by atoms with Crippen LogP contribution >= 0.6 is 12.6 Å². The van der Waals surface area contributed by atoms with Crippen molar-refractivity contribution in [2.75, 3.05) is 51.8 Å². The van der Waals surface area contributed by atoms with Gasteiger partial charge in [0.2, 0.25) is 41.4 Å². The first-order valence-electron chi connectivity index (χ1n) is 18.0. The third kappa shape index (κ3) is 19.9. The third-order valence-electron chi connectivity index (χ3n) is 8.01. The predicted molar refractivity (Wildman–Crippen MR) is 198 cm³/mol. The smallest absolute Gasteiger partial charge is 0.243 e. The Balaban J connectivity index is 3.38. The molecule has 0 bridgehead atoms. The van der Waals surface area contributed by atoms with Crippen molar-refractivity contribution in [2.45, 2.75) is 103 Å². The second-order valence-electron chi connectivity index (χ2n) is 13.5. The fourth-order valence-electron chi connectivity index (χ4n) is 5.16. The van der Waals surface area contributed by atoms with E-state index in [1.807, 2.05) is 13.8 Å². The van der Waals surface area contributed by atoms with E-state index in [2.05, 4.69) is 49.8 Å². The quantitative estimate of drug-likeness (QED) is 0.0721. The molecule has 1 heterocycles. The second-order valence-corrected chi connectivity index (χ2v) is 13.9. The maximum atomic E-state index is 13.7. The molecule has 0 aromatic heterocycles. The first-order chi connectivity index (χ1) is 25.1. The van der Waals surface area contributed by atoms with E-state index in [0.29, 0.717) is 19.4 Å². The molecule has 0 saturated carbocycles. The van der Waals surface area contributed by atoms with Gasteiger partial charge in [0.05, 0.1) is 39.0 Å². The lowest BCUT2D eigenvalue weighted by Gasteiger charge is -2.28. The van der Waals surface area contributed by atoms with E-state index in [4.69, 9.17) is 20.9 Å². The lowest BCUT2D eigenvalue weighted by atomic mass is 9.99. The number of nitrogens with two attached hydrogens (primary N) is 2. The van der Waals surface area contributed by atoms with E-state index >= 15 is 0 Å². The van der Waals surface area contributed by atoms with Crippen LogP contribution in [0.4, 0.5) is 0 Å². The highest BCUT2D eigenvalue weighted by Crippen LogP contribution is 2.11. The summed E-state index contributed by atoms with van der Waals surface area (Å²) in [6.07, 6.45) is -0.316. The molecular weight excluding hydrogens is 714 g/mol. The van der Waals surface area contributed by atoms with Gasteiger partial charge in [-0.2, -0.15) is 12.6 Å². The molecule has 7 amide bonds. The molecular formula is C33H61N9O10S. The van der Waals surface area contributed by atoms with E-state index in [1.165, 1.54) is 0 Å². The largest absolute Gasteiger partial charge is 0.377 e. The molecule has 0 radical (unpaired) electrons. The van der Waals surface area contributed by atoms with Gasteiger partial charge in [-0.3, -0.25) is 38.9 Å². The Bertz CT molecular complexity index is 1200. The molecule has 6 atom stereocenters. The number of thiol groups is 1. The van der Waals surface area contributed by atoms with E-state index in [0.717, 1.165) is 0 Å². The highest BCUT2D eigenvalue weighted by atomic mass is 32.1. The summed E-state index contributed by atoms with van der Waals surface area (Å²) in [4.78, 5) is 90.9. The molecule has 20 heteroatoms. The molecule has 12 N–H and O–H groups in total. The van der Waals surface area contributed by atoms with Crippen LogP contribution in [0.25, 0.3) is 0 Å². The number of carbonyl (C=O) groups is 7. The van der Waals surface area contributed by atoms with Gasteiger partial charge in [-0.1, -0.05) is 27.7 Å². The molecule has 0 aliphatic carbocycles. The Labute approximate surface area is 316 Å². The van der Waals surface area contributed by atoms with Crippen LogP contribution in [0.3, 0.4) is 0 Å². The number of unbranched alkanes of at least 4 members (excludes halogenated alkanes) is 1. The minimum atomic E-state index is -1.36. The van der Waals surface area contributed by atoms with Crippen LogP contribution in [-0.2, 0) is 43.0 Å². The van der Waals surface area contributed by atoms with Crippen LogP contribution in [-0.4, -0.2) is 135 Å². The van der Waals surface area contributed by atoms with Crippen molar-refractivity contribution in [1.29, 1.82) is 0 Å². The molecule has 304 valence electrons. The van der Waals surface area contributed by atoms with Crippen molar-refractivity contribution >= 4 is 54.0 Å². The minimum Gasteiger partial charge on any atom is -0.377 e. The van der Waals surface area contributed by atoms with Crippen molar-refractivity contribution in [2.24, 2.45) is 23.3 Å². The van der Waals surface area contributed by atoms with Crippen LogP contribution in [0.1, 0.15) is 66.2 Å². The molecule has 1 rings (SSSR count). The summed E-state index contributed by atoms with van der Waals surface area (Å²) in [6.45, 7) is 7.04. The number of rotatable bonds is 11. The number of aliphatic hydroxyl groups is 1. The monoisotopic (exact) mass is 775 g/mol. The van der Waals surface area contributed by atoms with E-state index in [9.17, 15) is 38.7 Å². The Morgan fingerprint density at radius 3 is 2.06 bits per heavy atom. The first-order valence-corrected chi connectivity index (χ1v) is 18.7. The maximum Gasteiger partial charge on any atom is 0.243 e. The Morgan fingerprint density at radius 1 is 0.792 bits per heavy atom. The van der Waals surface area contributed by atoms with Crippen LogP contribution in [0, 0.1) is 11.8 Å². The average Bonchev–Trinajstić information content (AvgIpc) is 3.09. The van der Waals surface area contributed by atoms with E-state index < -0.39 is 90.3 Å². The average molecular weight is 776 g/mol. The number of ether oxygens (including phenoxy) is 2. The van der Waals surface area contributed by atoms with Crippen molar-refractivity contribution in [3.05, 3.63) is 0 Å². The molecule has 0 aromatic carbocycles. The molecule has 0 spiro atoms. The van der Waals surface area contributed by atoms with Gasteiger partial charge in [-0.05, 0) is 50.5 Å². The summed E-state index contributed by atoms with van der Waals surface area (Å²) < 4.78 is 10.9. The van der Waals surface area contributed by atoms with Crippen LogP contribution < -0.4 is 48.7 Å². The summed E-state index contributed by atoms with van der Waals surface area (Å²) in [5, 5.41) is 29.0. The van der Waals surface area contributed by atoms with Crippen molar-refractivity contribution in [1.82, 2.24) is 37.2 Å². The van der Waals surface area contributed by atoms with Gasteiger partial charge in [-0.15, -0.1) is 0 Å². The van der Waals surface area contributed by atoms with Crippen LogP contribution in [0.2, 0.25) is 0 Å². The molecule has 1 unspecified atom stereocenters. The van der Waals surface area contributed by atoms with Gasteiger partial charge in [0.25, 0.3) is 0 Å². The van der Waals surface area contributed by atoms with Crippen LogP contribution in [0.5, 0.6) is 0 Å². The summed E-state index contributed by atoms with van der Waals surface area (Å²) in [5.41, 5.74) is 11.0. The summed E-state index contributed by atoms with van der Waals surface area (Å²) >= 11 is 4.14. The number of hydrogen-bond acceptors (Lipinski definition) is 13. The number of hydrogen-bond donors (Lipinski definition) is 11. The van der Waals surface area contributed by atoms with Gasteiger partial charge >= 0.3 is 0 Å². The topological polar surface area (TPSA) is 294 Å². The summed E-state index contributed by atoms with van der Waals surface area (Å²) in [7, 11) is 0. The highest BCUT2D eigenvalue weighted by molar-refractivity contribution is 7.80. The van der Waals surface area contributed by atoms with Gasteiger partial charge in [0.1, 0.15) is 30.4 Å². The third-order valence-corrected chi connectivity index (χ3v) is 8.37. The zero-order valence-corrected chi connectivity index (χ0v) is 32.1. The highest BCUT2D eigenvalue weighted by Gasteiger charge is 2.33. The maximum absolute atomic E-state index is 13.7. The molecule has 1 aliphatic heterocycles. The fourth-order valence-corrected chi connectivity index (χ4v) is 5.41. The standard InChI is InChI=1S/C33H61N9O10S/c1-19(2)15-23-32(49)42-28(20(3)4)33(50)37-16-26(44)39-24(18-53)29(46)36-11-12-51-13-14-52-17-27(45)38-22(8-9-25(35)43)31(48)40-21(30(47)41-23)7-5-6-10-34/h19-24,27-28,38,45,53H,5-18,34H2,1-4H3,(H2,35,43)(H,36,46)(H,37,50)(H,39,44)(H,40,48)(H,41,47)(H,42,49)/t21-,22-,23-,24-,27?,28-/m0/s1. The first kappa shape index (κ1) is 47.5. The Kier molecular flexibility index (Phi) is 23.5. The molecule has 19 nitrogen and oxygen atoms in total. The number of amides is 7. The molecule has 53 heavy (non-hydrogen) atoms. The summed E-state index contributed by atoms with van der Waals surface area (Å²) in [5.74, 6) is -5.08. The number of aliphatic hydroxyl groups excluding tert-OH is 1. The molecule has 1 fully saturated rings. The van der Waals surface area contributed by atoms with E-state index in [-0.39, 0.29) is 70.3 Å². The van der Waals surface area contributed by atoms with Gasteiger partial charge in [0.15, 0.2) is 0 Å². The number of carbonyl (C=O) groups excluding carboxylic acids is 7. The lowest BCUT2D eigenvalue weighted by Crippen LogP contribution is -2.59. The number of primary amides is 1. The molecule has 0 aromatic rings. The predicted octanol–water partition coefficient (Wildman–Crippen LogP) is -3.49. The Hall–Kier alpha value is -3.56. The molecule has 1 saturated heterocycles. The van der Waals surface area contributed by atoms with Crippen molar-refractivity contribution < 1.29 is 48.1 Å². The SMILES string of the molecule is CC(C)C[C@@H]1NC(=O)[C@H](CCCCN)NC(=O)[C@H](CCC(N)=O)NC(O)COCCOCCNC(=O)[C@H](CS)NC(=O)CNC(=O)[C@H](C(C)C)NC1=O. The van der Waals surface area contributed by atoms with Crippen molar-refractivity contribution in [3.63, 3.8) is 0 Å². The zero-order valence-electron chi connectivity index (χ0n) is 31.2. The normalized spacial score (nSPS) is 26.1. The van der Waals surface area contributed by atoms with Crippen molar-refractivity contribution in [3.8, 4) is 0 Å². The number of nitrogens with one attached hydrogen (secondary N) is 7. The zero-order chi connectivity index (χ0) is 39.9. The Morgan fingerprint density at radius 2 is 1.43 bits per heavy atom. The second kappa shape index (κ2) is 26.3. The van der Waals surface area contributed by atoms with E-state index in [1.54, 1.807) is 13.8 Å². The summed E-state index contributed by atoms with van der Waals surface area (Å²) in [6, 6.07) is -5.50. The van der Waals surface area contributed by atoms with Crippen LogP contribution in [0.15, 0.2) is 0 Å². The fraction of sp³-hybridized carbons (Fsp3) is 0.788. The van der Waals surface area contributed by atoms with Gasteiger partial charge in [-0.25, -0.2) is 0 Å².